The molecule has 2 aliphatic rings. The van der Waals surface area contributed by atoms with Crippen LogP contribution in [0.3, 0.4) is 0 Å². The molecule has 1 N–H and O–H groups in total. The second-order valence-electron chi connectivity index (χ2n) is 8.30. The smallest absolute Gasteiger partial charge is 0.0540 e. The first-order valence-corrected chi connectivity index (χ1v) is 9.84. The minimum Gasteiger partial charge on any atom is -0.393 e. The zero-order valence-corrected chi connectivity index (χ0v) is 16.3. The predicted molar refractivity (Wildman–Crippen MR) is 110 cm³/mol. The lowest BCUT2D eigenvalue weighted by Crippen LogP contribution is -2.42. The molecule has 0 amide bonds. The highest BCUT2D eigenvalue weighted by molar-refractivity contribution is 5.67. The second-order valence-corrected chi connectivity index (χ2v) is 8.30. The third-order valence-electron chi connectivity index (χ3n) is 6.96. The van der Waals surface area contributed by atoms with E-state index in [9.17, 15) is 5.11 Å². The van der Waals surface area contributed by atoms with Crippen LogP contribution in [0.25, 0.3) is 11.1 Å². The molecule has 27 heavy (non-hydrogen) atoms. The van der Waals surface area contributed by atoms with Crippen molar-refractivity contribution in [3.05, 3.63) is 66.0 Å². The van der Waals surface area contributed by atoms with E-state index in [1.807, 2.05) is 19.3 Å². The van der Waals surface area contributed by atoms with Crippen molar-refractivity contribution in [3.63, 3.8) is 0 Å². The fourth-order valence-corrected chi connectivity index (χ4v) is 5.22. The average molecular weight is 357 g/mol. The summed E-state index contributed by atoms with van der Waals surface area (Å²) in [6, 6.07) is 8.93. The first kappa shape index (κ1) is 18.0. The fraction of sp³-hybridized carbons (Fsp3) is 0.400. The van der Waals surface area contributed by atoms with Crippen molar-refractivity contribution in [2.75, 3.05) is 0 Å². The minimum absolute atomic E-state index is 0.0628. The first-order valence-electron chi connectivity index (χ1n) is 9.84. The molecule has 1 atom stereocenters. The molecule has 1 aromatic heterocycles. The number of allylic oxidation sites excluding steroid dienone is 1. The second kappa shape index (κ2) is 6.66. The van der Waals surface area contributed by atoms with E-state index in [1.54, 1.807) is 0 Å². The number of hydrogen-bond donors (Lipinski definition) is 1. The average Bonchev–Trinajstić information content (AvgIpc) is 2.93. The van der Waals surface area contributed by atoms with E-state index in [0.717, 1.165) is 43.2 Å². The molecule has 1 aromatic carbocycles. The van der Waals surface area contributed by atoms with Gasteiger partial charge in [-0.3, -0.25) is 4.98 Å². The SMILES string of the molecule is C=CC1(C)c2cc(-c3cncc(C#CC)c3)ccc2CC12CCC(O)CC2. The molecule has 0 saturated heterocycles. The van der Waals surface area contributed by atoms with E-state index in [0.29, 0.717) is 0 Å². The van der Waals surface area contributed by atoms with Crippen LogP contribution in [0.2, 0.25) is 0 Å². The normalized spacial score (nSPS) is 29.1. The van der Waals surface area contributed by atoms with Crippen LogP contribution >= 0.6 is 0 Å². The molecule has 2 aromatic rings. The Bertz CT molecular complexity index is 940. The van der Waals surface area contributed by atoms with Crippen LogP contribution in [0.15, 0.2) is 49.3 Å². The summed E-state index contributed by atoms with van der Waals surface area (Å²) < 4.78 is 0. The molecule has 1 unspecified atom stereocenters. The molecule has 2 aliphatic carbocycles. The van der Waals surface area contributed by atoms with Gasteiger partial charge in [0.1, 0.15) is 0 Å². The van der Waals surface area contributed by atoms with Crippen LogP contribution in [0.5, 0.6) is 0 Å². The summed E-state index contributed by atoms with van der Waals surface area (Å²) in [5.74, 6) is 6.04. The van der Waals surface area contributed by atoms with E-state index in [1.165, 1.54) is 16.7 Å². The van der Waals surface area contributed by atoms with Gasteiger partial charge in [0, 0.05) is 28.9 Å². The summed E-state index contributed by atoms with van der Waals surface area (Å²) >= 11 is 0. The summed E-state index contributed by atoms with van der Waals surface area (Å²) in [7, 11) is 0. The van der Waals surface area contributed by atoms with Gasteiger partial charge in [0.15, 0.2) is 0 Å². The lowest BCUT2D eigenvalue weighted by molar-refractivity contribution is 0.0377. The third kappa shape index (κ3) is 2.82. The molecule has 2 nitrogen and oxygen atoms in total. The van der Waals surface area contributed by atoms with Crippen LogP contribution in [-0.2, 0) is 11.8 Å². The molecule has 0 bridgehead atoms. The largest absolute Gasteiger partial charge is 0.393 e. The Morgan fingerprint density at radius 2 is 1.96 bits per heavy atom. The Labute approximate surface area is 162 Å². The molecule has 1 heterocycles. The molecule has 138 valence electrons. The summed E-state index contributed by atoms with van der Waals surface area (Å²) in [6.07, 6.45) is 10.7. The highest BCUT2D eigenvalue weighted by Gasteiger charge is 2.53. The lowest BCUT2D eigenvalue weighted by atomic mass is 9.58. The van der Waals surface area contributed by atoms with E-state index in [2.05, 4.69) is 60.7 Å². The van der Waals surface area contributed by atoms with Crippen molar-refractivity contribution in [2.24, 2.45) is 5.41 Å². The zero-order chi connectivity index (χ0) is 19.1. The van der Waals surface area contributed by atoms with Crippen LogP contribution in [0.4, 0.5) is 0 Å². The number of hydrogen-bond acceptors (Lipinski definition) is 2. The standard InChI is InChI=1S/C25H27NO/c1-4-6-18-13-21(17-26-16-18)19-7-8-20-15-25(11-9-22(27)10-12-25)24(3,5-2)23(20)14-19/h5,7-8,13-14,16-17,22,27H,2,9-12,15H2,1,3H3. The number of aliphatic hydroxyl groups is 1. The van der Waals surface area contributed by atoms with Gasteiger partial charge in [0.05, 0.1) is 6.10 Å². The highest BCUT2D eigenvalue weighted by Crippen LogP contribution is 2.59. The minimum atomic E-state index is -0.141. The summed E-state index contributed by atoms with van der Waals surface area (Å²) in [5.41, 5.74) is 6.16. The Morgan fingerprint density at radius 3 is 2.67 bits per heavy atom. The van der Waals surface area contributed by atoms with Gasteiger partial charge in [-0.25, -0.2) is 0 Å². The van der Waals surface area contributed by atoms with E-state index < -0.39 is 0 Å². The molecule has 4 rings (SSSR count). The van der Waals surface area contributed by atoms with Gasteiger partial charge in [-0.1, -0.05) is 31.1 Å². The van der Waals surface area contributed by atoms with Crippen molar-refractivity contribution in [2.45, 2.75) is 57.5 Å². The fourth-order valence-electron chi connectivity index (χ4n) is 5.22. The summed E-state index contributed by atoms with van der Waals surface area (Å²) in [5, 5.41) is 10.0. The lowest BCUT2D eigenvalue weighted by Gasteiger charge is -2.46. The van der Waals surface area contributed by atoms with Gasteiger partial charge >= 0.3 is 0 Å². The van der Waals surface area contributed by atoms with Crippen molar-refractivity contribution >= 4 is 0 Å². The zero-order valence-electron chi connectivity index (χ0n) is 16.3. The summed E-state index contributed by atoms with van der Waals surface area (Å²) in [6.45, 7) is 8.41. The number of aliphatic hydroxyl groups excluding tert-OH is 1. The van der Waals surface area contributed by atoms with Gasteiger partial charge in [0.2, 0.25) is 0 Å². The van der Waals surface area contributed by atoms with Crippen molar-refractivity contribution in [1.82, 2.24) is 4.98 Å². The molecular weight excluding hydrogens is 330 g/mol. The molecule has 1 fully saturated rings. The number of fused-ring (bicyclic) bond motifs is 1. The predicted octanol–water partition coefficient (Wildman–Crippen LogP) is 5.04. The van der Waals surface area contributed by atoms with Gasteiger partial charge in [-0.05, 0) is 73.3 Å². The third-order valence-corrected chi connectivity index (χ3v) is 6.96. The van der Waals surface area contributed by atoms with Gasteiger partial charge in [-0.15, -0.1) is 12.5 Å². The van der Waals surface area contributed by atoms with Crippen LogP contribution in [0.1, 0.15) is 56.2 Å². The maximum atomic E-state index is 10.0. The van der Waals surface area contributed by atoms with Crippen LogP contribution in [0, 0.1) is 17.3 Å². The maximum absolute atomic E-state index is 10.0. The first-order chi connectivity index (χ1) is 13.0. The molecule has 1 saturated carbocycles. The molecular formula is C25H27NO. The van der Waals surface area contributed by atoms with E-state index in [4.69, 9.17) is 0 Å². The number of pyridine rings is 1. The quantitative estimate of drug-likeness (QED) is 0.603. The van der Waals surface area contributed by atoms with Crippen molar-refractivity contribution in [1.29, 1.82) is 0 Å². The van der Waals surface area contributed by atoms with E-state index in [-0.39, 0.29) is 16.9 Å². The Kier molecular flexibility index (Phi) is 4.44. The molecule has 0 aliphatic heterocycles. The molecule has 2 heteroatoms. The van der Waals surface area contributed by atoms with Crippen LogP contribution in [-0.4, -0.2) is 16.2 Å². The highest BCUT2D eigenvalue weighted by atomic mass is 16.3. The number of nitrogens with zero attached hydrogens (tertiary/aromatic N) is 1. The number of benzene rings is 1. The van der Waals surface area contributed by atoms with E-state index >= 15 is 0 Å². The van der Waals surface area contributed by atoms with Crippen LogP contribution < -0.4 is 0 Å². The maximum Gasteiger partial charge on any atom is 0.0540 e. The molecule has 1 spiro atoms. The van der Waals surface area contributed by atoms with Crippen molar-refractivity contribution < 1.29 is 5.11 Å². The van der Waals surface area contributed by atoms with Gasteiger partial charge < -0.3 is 5.11 Å². The molecule has 0 radical (unpaired) electrons. The Morgan fingerprint density at radius 1 is 1.19 bits per heavy atom. The topological polar surface area (TPSA) is 33.1 Å². The Balaban J connectivity index is 1.77. The van der Waals surface area contributed by atoms with Gasteiger partial charge in [0.25, 0.3) is 0 Å². The Hall–Kier alpha value is -2.37. The van der Waals surface area contributed by atoms with Crippen molar-refractivity contribution in [3.8, 4) is 23.0 Å². The van der Waals surface area contributed by atoms with Gasteiger partial charge in [-0.2, -0.15) is 0 Å². The summed E-state index contributed by atoms with van der Waals surface area (Å²) in [4.78, 5) is 4.37. The monoisotopic (exact) mass is 357 g/mol. The number of aromatic nitrogens is 1. The number of rotatable bonds is 2.